The van der Waals surface area contributed by atoms with Crippen LogP contribution in [0.4, 0.5) is 5.69 Å². The van der Waals surface area contributed by atoms with E-state index in [1.807, 2.05) is 30.3 Å². The number of hydrogen-bond acceptors (Lipinski definition) is 3. The van der Waals surface area contributed by atoms with Gasteiger partial charge >= 0.3 is 0 Å². The molecule has 0 aliphatic heterocycles. The fourth-order valence-electron chi connectivity index (χ4n) is 3.48. The highest BCUT2D eigenvalue weighted by atomic mass is 35.5. The lowest BCUT2D eigenvalue weighted by Gasteiger charge is -2.23. The Bertz CT molecular complexity index is 820. The largest absolute Gasteiger partial charge is 0.349 e. The van der Waals surface area contributed by atoms with E-state index < -0.39 is 6.04 Å². The summed E-state index contributed by atoms with van der Waals surface area (Å²) in [6.07, 6.45) is 5.91. The van der Waals surface area contributed by atoms with Crippen molar-refractivity contribution in [1.82, 2.24) is 5.32 Å². The van der Waals surface area contributed by atoms with Crippen LogP contribution in [0.2, 0.25) is 5.02 Å². The predicted octanol–water partition coefficient (Wildman–Crippen LogP) is 3.91. The first kappa shape index (κ1) is 20.4. The lowest BCUT2D eigenvalue weighted by Crippen LogP contribution is -2.38. The summed E-state index contributed by atoms with van der Waals surface area (Å²) in [6.45, 7) is 0. The van der Waals surface area contributed by atoms with Crippen molar-refractivity contribution >= 4 is 29.1 Å². The number of nitrogens with one attached hydrogen (secondary N) is 2. The second-order valence-electron chi connectivity index (χ2n) is 7.29. The van der Waals surface area contributed by atoms with Crippen molar-refractivity contribution in [2.45, 2.75) is 50.6 Å². The molecule has 0 aromatic heterocycles. The van der Waals surface area contributed by atoms with E-state index in [9.17, 15) is 9.59 Å². The Hall–Kier alpha value is -2.37. The summed E-state index contributed by atoms with van der Waals surface area (Å²) in [5.41, 5.74) is 7.89. The Morgan fingerprint density at radius 2 is 1.79 bits per heavy atom. The minimum atomic E-state index is -0.683. The topological polar surface area (TPSA) is 84.2 Å². The van der Waals surface area contributed by atoms with Crippen LogP contribution >= 0.6 is 11.6 Å². The molecule has 5 nitrogen and oxygen atoms in total. The van der Waals surface area contributed by atoms with Crippen LogP contribution in [0.5, 0.6) is 0 Å². The number of amides is 2. The summed E-state index contributed by atoms with van der Waals surface area (Å²) in [7, 11) is 0. The number of anilines is 1. The second kappa shape index (κ2) is 9.71. The number of rotatable bonds is 6. The standard InChI is InChI=1S/C22H26ClN3O2/c23-19-12-11-17(14-18(19)21(27)25-16-9-5-2-6-10-16)26-22(28)20(24)13-15-7-3-1-4-8-15/h1,3-4,7-8,11-12,14,16,20H,2,5-6,9-10,13,24H2,(H,25,27)(H,26,28)/t20-/m0/s1. The van der Waals surface area contributed by atoms with Gasteiger partial charge in [-0.3, -0.25) is 9.59 Å². The maximum atomic E-state index is 12.6. The third-order valence-electron chi connectivity index (χ3n) is 5.05. The minimum absolute atomic E-state index is 0.190. The number of hydrogen-bond donors (Lipinski definition) is 3. The van der Waals surface area contributed by atoms with Gasteiger partial charge in [0.25, 0.3) is 5.91 Å². The average molecular weight is 400 g/mol. The van der Waals surface area contributed by atoms with Gasteiger partial charge in [0.1, 0.15) is 0 Å². The fraction of sp³-hybridized carbons (Fsp3) is 0.364. The van der Waals surface area contributed by atoms with Crippen LogP contribution in [-0.4, -0.2) is 23.9 Å². The summed E-state index contributed by atoms with van der Waals surface area (Å²) in [4.78, 5) is 25.0. The quantitative estimate of drug-likeness (QED) is 0.688. The Balaban J connectivity index is 1.63. The summed E-state index contributed by atoms with van der Waals surface area (Å²) < 4.78 is 0. The van der Waals surface area contributed by atoms with Gasteiger partial charge in [-0.2, -0.15) is 0 Å². The molecule has 1 aliphatic rings. The van der Waals surface area contributed by atoms with E-state index in [1.165, 1.54) is 6.42 Å². The third-order valence-corrected chi connectivity index (χ3v) is 5.38. The molecule has 0 spiro atoms. The number of carbonyl (C=O) groups is 2. The molecule has 2 aromatic rings. The fourth-order valence-corrected chi connectivity index (χ4v) is 3.69. The molecule has 28 heavy (non-hydrogen) atoms. The smallest absolute Gasteiger partial charge is 0.253 e. The van der Waals surface area contributed by atoms with E-state index in [1.54, 1.807) is 18.2 Å². The van der Waals surface area contributed by atoms with Crippen molar-refractivity contribution < 1.29 is 9.59 Å². The summed E-state index contributed by atoms with van der Waals surface area (Å²) in [5.74, 6) is -0.508. The molecule has 1 atom stereocenters. The van der Waals surface area contributed by atoms with Gasteiger partial charge in [0.2, 0.25) is 5.91 Å². The molecule has 3 rings (SSSR count). The zero-order valence-electron chi connectivity index (χ0n) is 15.8. The number of carbonyl (C=O) groups excluding carboxylic acids is 2. The van der Waals surface area contributed by atoms with Gasteiger partial charge in [-0.15, -0.1) is 0 Å². The predicted molar refractivity (Wildman–Crippen MR) is 113 cm³/mol. The summed E-state index contributed by atoms with van der Waals surface area (Å²) in [6, 6.07) is 14.0. The van der Waals surface area contributed by atoms with E-state index in [0.717, 1.165) is 31.2 Å². The van der Waals surface area contributed by atoms with Crippen molar-refractivity contribution in [2.24, 2.45) is 5.73 Å². The molecule has 1 fully saturated rings. The molecule has 1 aliphatic carbocycles. The molecule has 0 bridgehead atoms. The maximum absolute atomic E-state index is 12.6. The van der Waals surface area contributed by atoms with Crippen LogP contribution in [0, 0.1) is 0 Å². The number of halogens is 1. The van der Waals surface area contributed by atoms with Crippen LogP contribution in [0.3, 0.4) is 0 Å². The zero-order valence-corrected chi connectivity index (χ0v) is 16.5. The van der Waals surface area contributed by atoms with Gasteiger partial charge in [0.15, 0.2) is 0 Å². The van der Waals surface area contributed by atoms with E-state index in [0.29, 0.717) is 22.7 Å². The first-order valence-corrected chi connectivity index (χ1v) is 10.1. The summed E-state index contributed by atoms with van der Waals surface area (Å²) in [5, 5.41) is 6.20. The minimum Gasteiger partial charge on any atom is -0.349 e. The first-order valence-electron chi connectivity index (χ1n) is 9.73. The molecule has 2 aromatic carbocycles. The first-order chi connectivity index (χ1) is 13.5. The lowest BCUT2D eigenvalue weighted by atomic mass is 9.95. The van der Waals surface area contributed by atoms with E-state index in [4.69, 9.17) is 17.3 Å². The van der Waals surface area contributed by atoms with Crippen LogP contribution in [-0.2, 0) is 11.2 Å². The molecule has 2 amide bonds. The Kier molecular flexibility index (Phi) is 7.06. The number of benzene rings is 2. The Morgan fingerprint density at radius 3 is 2.50 bits per heavy atom. The average Bonchev–Trinajstić information content (AvgIpc) is 2.70. The SMILES string of the molecule is N[C@@H](Cc1ccccc1)C(=O)Nc1ccc(Cl)c(C(=O)NC2CCCCC2)c1. The highest BCUT2D eigenvalue weighted by Crippen LogP contribution is 2.23. The molecule has 6 heteroatoms. The van der Waals surface area contributed by atoms with Gasteiger partial charge in [-0.1, -0.05) is 61.2 Å². The van der Waals surface area contributed by atoms with Crippen molar-refractivity contribution in [3.63, 3.8) is 0 Å². The zero-order chi connectivity index (χ0) is 19.9. The van der Waals surface area contributed by atoms with Crippen LogP contribution < -0.4 is 16.4 Å². The van der Waals surface area contributed by atoms with Gasteiger partial charge in [-0.05, 0) is 43.0 Å². The lowest BCUT2D eigenvalue weighted by molar-refractivity contribution is -0.117. The van der Waals surface area contributed by atoms with Gasteiger partial charge in [-0.25, -0.2) is 0 Å². The Labute approximate surface area is 170 Å². The maximum Gasteiger partial charge on any atom is 0.253 e. The molecule has 0 unspecified atom stereocenters. The molecule has 4 N–H and O–H groups in total. The molecular weight excluding hydrogens is 374 g/mol. The normalized spacial score (nSPS) is 15.6. The molecule has 0 radical (unpaired) electrons. The van der Waals surface area contributed by atoms with E-state index in [2.05, 4.69) is 10.6 Å². The molecule has 0 heterocycles. The molecule has 148 valence electrons. The molecular formula is C22H26ClN3O2. The van der Waals surface area contributed by atoms with Crippen molar-refractivity contribution in [2.75, 3.05) is 5.32 Å². The Morgan fingerprint density at radius 1 is 1.07 bits per heavy atom. The van der Waals surface area contributed by atoms with Crippen LogP contribution in [0.1, 0.15) is 48.0 Å². The second-order valence-corrected chi connectivity index (χ2v) is 7.70. The highest BCUT2D eigenvalue weighted by Gasteiger charge is 2.20. The van der Waals surface area contributed by atoms with Crippen LogP contribution in [0.25, 0.3) is 0 Å². The molecule has 0 saturated heterocycles. The van der Waals surface area contributed by atoms with Gasteiger partial charge in [0, 0.05) is 11.7 Å². The van der Waals surface area contributed by atoms with Gasteiger partial charge < -0.3 is 16.4 Å². The van der Waals surface area contributed by atoms with Crippen molar-refractivity contribution in [1.29, 1.82) is 0 Å². The van der Waals surface area contributed by atoms with Crippen molar-refractivity contribution in [3.8, 4) is 0 Å². The van der Waals surface area contributed by atoms with Crippen molar-refractivity contribution in [3.05, 3.63) is 64.7 Å². The van der Waals surface area contributed by atoms with E-state index >= 15 is 0 Å². The monoisotopic (exact) mass is 399 g/mol. The summed E-state index contributed by atoms with van der Waals surface area (Å²) >= 11 is 6.22. The van der Waals surface area contributed by atoms with Crippen LogP contribution in [0.15, 0.2) is 48.5 Å². The molecule has 1 saturated carbocycles. The number of nitrogens with two attached hydrogens (primary N) is 1. The highest BCUT2D eigenvalue weighted by molar-refractivity contribution is 6.34. The van der Waals surface area contributed by atoms with Gasteiger partial charge in [0.05, 0.1) is 16.6 Å². The third kappa shape index (κ3) is 5.57. The van der Waals surface area contributed by atoms with E-state index in [-0.39, 0.29) is 17.9 Å².